The average molecular weight is 261 g/mol. The minimum atomic E-state index is -0.183. The van der Waals surface area contributed by atoms with Crippen molar-refractivity contribution in [3.8, 4) is 0 Å². The van der Waals surface area contributed by atoms with Gasteiger partial charge in [-0.1, -0.05) is 6.07 Å². The van der Waals surface area contributed by atoms with Crippen molar-refractivity contribution in [2.24, 2.45) is 5.73 Å². The molecule has 0 saturated heterocycles. The molecule has 0 radical (unpaired) electrons. The van der Waals surface area contributed by atoms with Crippen LogP contribution in [0.5, 0.6) is 0 Å². The number of halogens is 2. The Morgan fingerprint density at radius 2 is 2.00 bits per heavy atom. The zero-order chi connectivity index (χ0) is 12.2. The molecule has 0 heterocycles. The lowest BCUT2D eigenvalue weighted by molar-refractivity contribution is 0.469. The highest BCUT2D eigenvalue weighted by Gasteiger charge is 2.09. The molecule has 1 rings (SSSR count). The van der Waals surface area contributed by atoms with E-state index in [1.165, 1.54) is 11.6 Å². The van der Waals surface area contributed by atoms with Crippen molar-refractivity contribution >= 4 is 12.4 Å². The molecule has 2 nitrogen and oxygen atoms in total. The van der Waals surface area contributed by atoms with Gasteiger partial charge in [-0.25, -0.2) is 4.39 Å². The van der Waals surface area contributed by atoms with Crippen molar-refractivity contribution in [2.75, 3.05) is 13.1 Å². The van der Waals surface area contributed by atoms with Gasteiger partial charge >= 0.3 is 0 Å². The molecule has 0 atom stereocenters. The van der Waals surface area contributed by atoms with E-state index in [0.29, 0.717) is 0 Å². The normalized spacial score (nSPS) is 11.1. The van der Waals surface area contributed by atoms with Crippen molar-refractivity contribution in [3.05, 3.63) is 35.1 Å². The van der Waals surface area contributed by atoms with Crippen molar-refractivity contribution in [1.82, 2.24) is 5.32 Å². The minimum absolute atomic E-state index is 0. The standard InChI is InChI=1S/C13H21FN2.ClH/c1-10-8-12(14)5-4-11(10)6-7-16-9-13(2,3)15;/h4-5,8,16H,6-7,9,15H2,1-3H3;1H. The van der Waals surface area contributed by atoms with Crippen LogP contribution in [0.15, 0.2) is 18.2 Å². The van der Waals surface area contributed by atoms with Crippen molar-refractivity contribution in [2.45, 2.75) is 32.7 Å². The molecule has 0 aliphatic rings. The third kappa shape index (κ3) is 6.61. The molecule has 4 heteroatoms. The predicted octanol–water partition coefficient (Wildman–Crippen LogP) is 2.43. The molecule has 1 aromatic carbocycles. The number of rotatable bonds is 5. The molecule has 0 amide bonds. The van der Waals surface area contributed by atoms with E-state index in [4.69, 9.17) is 5.73 Å². The third-order valence-corrected chi connectivity index (χ3v) is 2.46. The number of aryl methyl sites for hydroxylation is 1. The lowest BCUT2D eigenvalue weighted by Gasteiger charge is -2.19. The Labute approximate surface area is 109 Å². The second-order valence-corrected chi connectivity index (χ2v) is 4.99. The first-order valence-corrected chi connectivity index (χ1v) is 5.63. The maximum absolute atomic E-state index is 12.9. The number of nitrogens with one attached hydrogen (secondary N) is 1. The van der Waals surface area contributed by atoms with E-state index >= 15 is 0 Å². The highest BCUT2D eigenvalue weighted by atomic mass is 35.5. The Hall–Kier alpha value is -0.640. The van der Waals surface area contributed by atoms with Crippen LogP contribution in [0, 0.1) is 12.7 Å². The Bertz CT molecular complexity index is 348. The molecule has 17 heavy (non-hydrogen) atoms. The van der Waals surface area contributed by atoms with Gasteiger partial charge < -0.3 is 11.1 Å². The summed E-state index contributed by atoms with van der Waals surface area (Å²) in [5.41, 5.74) is 7.86. The largest absolute Gasteiger partial charge is 0.324 e. The zero-order valence-corrected chi connectivity index (χ0v) is 11.5. The molecule has 1 aromatic rings. The van der Waals surface area contributed by atoms with Gasteiger partial charge in [-0.05, 0) is 57.0 Å². The Morgan fingerprint density at radius 1 is 1.35 bits per heavy atom. The molecule has 0 saturated carbocycles. The molecule has 0 fully saturated rings. The number of hydrogen-bond acceptors (Lipinski definition) is 2. The van der Waals surface area contributed by atoms with Crippen LogP contribution in [0.3, 0.4) is 0 Å². The van der Waals surface area contributed by atoms with Crippen LogP contribution >= 0.6 is 12.4 Å². The summed E-state index contributed by atoms with van der Waals surface area (Å²) in [7, 11) is 0. The molecule has 0 unspecified atom stereocenters. The van der Waals surface area contributed by atoms with E-state index in [1.54, 1.807) is 6.07 Å². The number of benzene rings is 1. The first kappa shape index (κ1) is 16.4. The summed E-state index contributed by atoms with van der Waals surface area (Å²) in [6.07, 6.45) is 0.905. The van der Waals surface area contributed by atoms with Crippen molar-refractivity contribution in [1.29, 1.82) is 0 Å². The van der Waals surface area contributed by atoms with Gasteiger partial charge in [0.05, 0.1) is 0 Å². The topological polar surface area (TPSA) is 38.0 Å². The van der Waals surface area contributed by atoms with Crippen molar-refractivity contribution < 1.29 is 4.39 Å². The van der Waals surface area contributed by atoms with Crippen molar-refractivity contribution in [3.63, 3.8) is 0 Å². The highest BCUT2D eigenvalue weighted by molar-refractivity contribution is 5.85. The molecule has 0 aliphatic carbocycles. The molecular formula is C13H22ClFN2. The zero-order valence-electron chi connectivity index (χ0n) is 10.7. The number of nitrogens with two attached hydrogens (primary N) is 1. The molecule has 0 spiro atoms. The van der Waals surface area contributed by atoms with Crippen LogP contribution in [0.25, 0.3) is 0 Å². The molecular weight excluding hydrogens is 239 g/mol. The van der Waals surface area contributed by atoms with Gasteiger partial charge in [0.2, 0.25) is 0 Å². The van der Waals surface area contributed by atoms with E-state index in [2.05, 4.69) is 5.32 Å². The predicted molar refractivity (Wildman–Crippen MR) is 73.2 cm³/mol. The maximum atomic E-state index is 12.9. The van der Waals surface area contributed by atoms with E-state index < -0.39 is 0 Å². The van der Waals surface area contributed by atoms with Gasteiger partial charge in [0.15, 0.2) is 0 Å². The Balaban J connectivity index is 0.00000256. The van der Waals surface area contributed by atoms with Gasteiger partial charge in [-0.2, -0.15) is 0 Å². The fourth-order valence-corrected chi connectivity index (χ4v) is 1.57. The van der Waals surface area contributed by atoms with Gasteiger partial charge in [0.1, 0.15) is 5.82 Å². The molecule has 3 N–H and O–H groups in total. The third-order valence-electron chi connectivity index (χ3n) is 2.46. The summed E-state index contributed by atoms with van der Waals surface area (Å²) >= 11 is 0. The first-order valence-electron chi connectivity index (χ1n) is 5.63. The van der Waals surface area contributed by atoms with Crippen LogP contribution < -0.4 is 11.1 Å². The lowest BCUT2D eigenvalue weighted by Crippen LogP contribution is -2.43. The molecule has 0 aromatic heterocycles. The average Bonchev–Trinajstić information content (AvgIpc) is 2.13. The van der Waals surface area contributed by atoms with Crippen LogP contribution in [0.2, 0.25) is 0 Å². The van der Waals surface area contributed by atoms with Gasteiger partial charge in [0.25, 0.3) is 0 Å². The molecule has 0 aliphatic heterocycles. The SMILES string of the molecule is Cc1cc(F)ccc1CCNCC(C)(C)N.Cl. The maximum Gasteiger partial charge on any atom is 0.123 e. The summed E-state index contributed by atoms with van der Waals surface area (Å²) in [6.45, 7) is 7.57. The highest BCUT2D eigenvalue weighted by Crippen LogP contribution is 2.10. The number of hydrogen-bond donors (Lipinski definition) is 2. The van der Waals surface area contributed by atoms with E-state index in [-0.39, 0.29) is 23.8 Å². The van der Waals surface area contributed by atoms with Gasteiger partial charge in [0, 0.05) is 12.1 Å². The van der Waals surface area contributed by atoms with E-state index in [9.17, 15) is 4.39 Å². The second-order valence-electron chi connectivity index (χ2n) is 4.99. The first-order chi connectivity index (χ1) is 7.38. The van der Waals surface area contributed by atoms with Gasteiger partial charge in [-0.15, -0.1) is 12.4 Å². The monoisotopic (exact) mass is 260 g/mol. The smallest absolute Gasteiger partial charge is 0.123 e. The van der Waals surface area contributed by atoms with Gasteiger partial charge in [-0.3, -0.25) is 0 Å². The summed E-state index contributed by atoms with van der Waals surface area (Å²) in [5.74, 6) is -0.169. The molecule has 98 valence electrons. The van der Waals surface area contributed by atoms with Crippen LogP contribution in [-0.2, 0) is 6.42 Å². The summed E-state index contributed by atoms with van der Waals surface area (Å²) < 4.78 is 12.9. The van der Waals surface area contributed by atoms with Crippen LogP contribution in [-0.4, -0.2) is 18.6 Å². The second kappa shape index (κ2) is 6.94. The Morgan fingerprint density at radius 3 is 2.53 bits per heavy atom. The fraction of sp³-hybridized carbons (Fsp3) is 0.538. The lowest BCUT2D eigenvalue weighted by atomic mass is 10.0. The van der Waals surface area contributed by atoms with E-state index in [0.717, 1.165) is 25.1 Å². The summed E-state index contributed by atoms with van der Waals surface area (Å²) in [5, 5.41) is 3.30. The van der Waals surface area contributed by atoms with E-state index in [1.807, 2.05) is 26.8 Å². The molecule has 0 bridgehead atoms. The summed E-state index contributed by atoms with van der Waals surface area (Å²) in [4.78, 5) is 0. The Kier molecular flexibility index (Phi) is 6.68. The van der Waals surface area contributed by atoms with Crippen LogP contribution in [0.4, 0.5) is 4.39 Å². The quantitative estimate of drug-likeness (QED) is 0.798. The summed E-state index contributed by atoms with van der Waals surface area (Å²) in [6, 6.07) is 4.93. The minimum Gasteiger partial charge on any atom is -0.324 e. The van der Waals surface area contributed by atoms with Crippen LogP contribution in [0.1, 0.15) is 25.0 Å². The fourth-order valence-electron chi connectivity index (χ4n) is 1.57.